The van der Waals surface area contributed by atoms with Gasteiger partial charge in [0.25, 0.3) is 0 Å². The highest BCUT2D eigenvalue weighted by atomic mass is 16.5. The van der Waals surface area contributed by atoms with Gasteiger partial charge >= 0.3 is 0 Å². The standard InChI is InChI=1S/C12H18O3/c1-11(2,14)12(3,4)15-10-7-5-9(13)6-8-10/h5-8,13-14H,1-4H3. The van der Waals surface area contributed by atoms with Crippen molar-refractivity contribution in [3.05, 3.63) is 24.3 Å². The number of rotatable bonds is 3. The molecule has 0 saturated heterocycles. The molecule has 0 radical (unpaired) electrons. The van der Waals surface area contributed by atoms with Gasteiger partial charge in [-0.2, -0.15) is 0 Å². The normalized spacial score (nSPS) is 12.6. The van der Waals surface area contributed by atoms with Crippen LogP contribution in [0.15, 0.2) is 24.3 Å². The summed E-state index contributed by atoms with van der Waals surface area (Å²) in [5.74, 6) is 0.823. The first-order chi connectivity index (χ1) is 6.72. The van der Waals surface area contributed by atoms with Crippen molar-refractivity contribution in [2.24, 2.45) is 0 Å². The molecule has 3 heteroatoms. The Kier molecular flexibility index (Phi) is 2.95. The van der Waals surface area contributed by atoms with E-state index in [0.29, 0.717) is 5.75 Å². The molecule has 1 aromatic rings. The van der Waals surface area contributed by atoms with Crippen LogP contribution in [0.4, 0.5) is 0 Å². The van der Waals surface area contributed by atoms with E-state index in [1.165, 1.54) is 0 Å². The zero-order valence-corrected chi connectivity index (χ0v) is 9.61. The van der Waals surface area contributed by atoms with E-state index in [2.05, 4.69) is 0 Å². The molecule has 2 N–H and O–H groups in total. The Morgan fingerprint density at radius 3 is 1.87 bits per heavy atom. The second kappa shape index (κ2) is 3.74. The van der Waals surface area contributed by atoms with Crippen molar-refractivity contribution < 1.29 is 14.9 Å². The van der Waals surface area contributed by atoms with Crippen LogP contribution in [0.25, 0.3) is 0 Å². The topological polar surface area (TPSA) is 49.7 Å². The zero-order valence-electron chi connectivity index (χ0n) is 9.61. The van der Waals surface area contributed by atoms with Crippen molar-refractivity contribution in [3.8, 4) is 11.5 Å². The van der Waals surface area contributed by atoms with Crippen LogP contribution in [0, 0.1) is 0 Å². The quantitative estimate of drug-likeness (QED) is 0.805. The fourth-order valence-corrected chi connectivity index (χ4v) is 0.934. The molecule has 0 saturated carbocycles. The van der Waals surface area contributed by atoms with E-state index in [4.69, 9.17) is 9.84 Å². The fourth-order valence-electron chi connectivity index (χ4n) is 0.934. The number of ether oxygens (including phenoxy) is 1. The van der Waals surface area contributed by atoms with Gasteiger partial charge in [-0.1, -0.05) is 0 Å². The van der Waals surface area contributed by atoms with Crippen molar-refractivity contribution in [3.63, 3.8) is 0 Å². The summed E-state index contributed by atoms with van der Waals surface area (Å²) >= 11 is 0. The van der Waals surface area contributed by atoms with Crippen molar-refractivity contribution >= 4 is 0 Å². The van der Waals surface area contributed by atoms with E-state index in [1.807, 2.05) is 13.8 Å². The minimum absolute atomic E-state index is 0.198. The zero-order chi connectivity index (χ0) is 11.7. The van der Waals surface area contributed by atoms with E-state index >= 15 is 0 Å². The molecule has 0 bridgehead atoms. The van der Waals surface area contributed by atoms with Gasteiger partial charge in [-0.15, -0.1) is 0 Å². The number of hydrogen-bond donors (Lipinski definition) is 2. The summed E-state index contributed by atoms with van der Waals surface area (Å²) in [6.07, 6.45) is 0. The Labute approximate surface area is 90.3 Å². The van der Waals surface area contributed by atoms with E-state index in [1.54, 1.807) is 38.1 Å². The molecule has 0 fully saturated rings. The van der Waals surface area contributed by atoms with Gasteiger partial charge in [0.1, 0.15) is 17.1 Å². The van der Waals surface area contributed by atoms with Gasteiger partial charge in [0.2, 0.25) is 0 Å². The van der Waals surface area contributed by atoms with Crippen molar-refractivity contribution in [2.45, 2.75) is 38.9 Å². The molecular formula is C12H18O3. The maximum absolute atomic E-state index is 9.89. The number of hydrogen-bond acceptors (Lipinski definition) is 3. The predicted octanol–water partition coefficient (Wildman–Crippen LogP) is 2.32. The molecule has 0 aliphatic carbocycles. The lowest BCUT2D eigenvalue weighted by Crippen LogP contribution is -2.49. The van der Waals surface area contributed by atoms with Crippen molar-refractivity contribution in [1.29, 1.82) is 0 Å². The maximum Gasteiger partial charge on any atom is 0.131 e. The van der Waals surface area contributed by atoms with Crippen molar-refractivity contribution in [1.82, 2.24) is 0 Å². The molecule has 0 heterocycles. The Morgan fingerprint density at radius 1 is 1.00 bits per heavy atom. The minimum Gasteiger partial charge on any atom is -0.508 e. The average molecular weight is 210 g/mol. The Morgan fingerprint density at radius 2 is 1.47 bits per heavy atom. The summed E-state index contributed by atoms with van der Waals surface area (Å²) in [5.41, 5.74) is -1.63. The number of aliphatic hydroxyl groups is 1. The van der Waals surface area contributed by atoms with Gasteiger partial charge in [-0.05, 0) is 52.0 Å². The molecule has 0 spiro atoms. The Hall–Kier alpha value is -1.22. The largest absolute Gasteiger partial charge is 0.508 e. The lowest BCUT2D eigenvalue weighted by Gasteiger charge is -2.37. The Balaban J connectivity index is 2.82. The first-order valence-corrected chi connectivity index (χ1v) is 4.93. The van der Waals surface area contributed by atoms with Gasteiger partial charge in [-0.3, -0.25) is 0 Å². The van der Waals surface area contributed by atoms with E-state index < -0.39 is 11.2 Å². The number of benzene rings is 1. The summed E-state index contributed by atoms with van der Waals surface area (Å²) in [7, 11) is 0. The average Bonchev–Trinajstić information content (AvgIpc) is 2.06. The van der Waals surface area contributed by atoms with Crippen LogP contribution in [0.5, 0.6) is 11.5 Å². The molecule has 1 rings (SSSR count). The van der Waals surface area contributed by atoms with Gasteiger partial charge in [0.15, 0.2) is 0 Å². The summed E-state index contributed by atoms with van der Waals surface area (Å²) in [4.78, 5) is 0. The third-order valence-electron chi connectivity index (χ3n) is 2.68. The van der Waals surface area contributed by atoms with Crippen LogP contribution in [0.3, 0.4) is 0 Å². The summed E-state index contributed by atoms with van der Waals surface area (Å²) in [6, 6.07) is 6.44. The third kappa shape index (κ3) is 2.86. The second-order valence-electron chi connectivity index (χ2n) is 4.67. The fraction of sp³-hybridized carbons (Fsp3) is 0.500. The Bertz CT molecular complexity index is 320. The molecule has 0 aliphatic heterocycles. The van der Waals surface area contributed by atoms with Gasteiger partial charge in [0.05, 0.1) is 5.60 Å². The highest BCUT2D eigenvalue weighted by molar-refractivity contribution is 5.30. The molecule has 3 nitrogen and oxygen atoms in total. The van der Waals surface area contributed by atoms with Gasteiger partial charge in [0, 0.05) is 0 Å². The molecular weight excluding hydrogens is 192 g/mol. The number of aromatic hydroxyl groups is 1. The SMILES string of the molecule is CC(C)(O)C(C)(C)Oc1ccc(O)cc1. The summed E-state index contributed by atoms with van der Waals surface area (Å²) < 4.78 is 5.66. The maximum atomic E-state index is 9.89. The third-order valence-corrected chi connectivity index (χ3v) is 2.68. The molecule has 0 unspecified atom stereocenters. The minimum atomic E-state index is -0.940. The molecule has 0 aliphatic rings. The first kappa shape index (κ1) is 11.9. The van der Waals surface area contributed by atoms with Crippen molar-refractivity contribution in [2.75, 3.05) is 0 Å². The van der Waals surface area contributed by atoms with E-state index in [9.17, 15) is 5.11 Å². The van der Waals surface area contributed by atoms with Crippen LogP contribution < -0.4 is 4.74 Å². The molecule has 0 amide bonds. The number of phenolic OH excluding ortho intramolecular Hbond substituents is 1. The predicted molar refractivity (Wildman–Crippen MR) is 59.1 cm³/mol. The molecule has 0 aromatic heterocycles. The first-order valence-electron chi connectivity index (χ1n) is 4.93. The lowest BCUT2D eigenvalue weighted by atomic mass is 9.89. The molecule has 1 aromatic carbocycles. The van der Waals surface area contributed by atoms with E-state index in [0.717, 1.165) is 0 Å². The highest BCUT2D eigenvalue weighted by Gasteiger charge is 2.37. The molecule has 84 valence electrons. The van der Waals surface area contributed by atoms with E-state index in [-0.39, 0.29) is 5.75 Å². The van der Waals surface area contributed by atoms with Crippen LogP contribution in [0.1, 0.15) is 27.7 Å². The van der Waals surface area contributed by atoms with Crippen LogP contribution in [-0.2, 0) is 0 Å². The highest BCUT2D eigenvalue weighted by Crippen LogP contribution is 2.28. The summed E-state index contributed by atoms with van der Waals surface area (Å²) in [6.45, 7) is 7.04. The van der Waals surface area contributed by atoms with Gasteiger partial charge < -0.3 is 14.9 Å². The number of phenols is 1. The summed E-state index contributed by atoms with van der Waals surface area (Å²) in [5, 5.41) is 19.0. The van der Waals surface area contributed by atoms with Crippen LogP contribution in [-0.4, -0.2) is 21.4 Å². The van der Waals surface area contributed by atoms with Gasteiger partial charge in [-0.25, -0.2) is 0 Å². The molecule has 0 atom stereocenters. The van der Waals surface area contributed by atoms with Crippen LogP contribution >= 0.6 is 0 Å². The smallest absolute Gasteiger partial charge is 0.131 e. The lowest BCUT2D eigenvalue weighted by molar-refractivity contribution is -0.0906. The van der Waals surface area contributed by atoms with Crippen LogP contribution in [0.2, 0.25) is 0 Å². The molecule has 15 heavy (non-hydrogen) atoms. The monoisotopic (exact) mass is 210 g/mol. The second-order valence-corrected chi connectivity index (χ2v) is 4.67.